The van der Waals surface area contributed by atoms with E-state index < -0.39 is 41.2 Å². The maximum Gasteiger partial charge on any atom is 0.409 e. The lowest BCUT2D eigenvalue weighted by Gasteiger charge is -2.49. The molecule has 192 valence electrons. The van der Waals surface area contributed by atoms with E-state index in [0.717, 1.165) is 4.90 Å². The van der Waals surface area contributed by atoms with Crippen molar-refractivity contribution in [3.8, 4) is 5.75 Å². The molecule has 13 nitrogen and oxygen atoms in total. The minimum absolute atomic E-state index is 0.0857. The van der Waals surface area contributed by atoms with Crippen LogP contribution in [0, 0.1) is 0 Å². The molecule has 0 unspecified atom stereocenters. The fourth-order valence-corrected chi connectivity index (χ4v) is 5.41. The highest BCUT2D eigenvalue weighted by Gasteiger charge is 2.54. The first-order valence-corrected chi connectivity index (χ1v) is 11.9. The molecule has 4 amide bonds. The highest BCUT2D eigenvalue weighted by Crippen LogP contribution is 2.40. The zero-order chi connectivity index (χ0) is 26.9. The summed E-state index contributed by atoms with van der Waals surface area (Å²) in [5, 5.41) is 32.5. The molecule has 3 heterocycles. The number of phenolic OH excluding ortho intramolecular Hbond substituents is 1. The number of nitrogens with two attached hydrogens (primary N) is 1. The van der Waals surface area contributed by atoms with Crippen molar-refractivity contribution in [2.75, 3.05) is 11.1 Å². The largest absolute Gasteiger partial charge is 0.506 e. The summed E-state index contributed by atoms with van der Waals surface area (Å²) in [5.74, 6) is -2.95. The van der Waals surface area contributed by atoms with Gasteiger partial charge in [0.05, 0.1) is 17.7 Å². The number of carboxylic acids is 1. The van der Waals surface area contributed by atoms with E-state index in [1.165, 1.54) is 42.1 Å². The maximum absolute atomic E-state index is 12.9. The highest BCUT2D eigenvalue weighted by molar-refractivity contribution is 8.00. The molecule has 1 fully saturated rings. The number of β-lactam (4-membered cyclic amide) rings is 1. The maximum atomic E-state index is 12.9. The topological polar surface area (TPSA) is 203 Å². The Morgan fingerprint density at radius 2 is 1.84 bits per heavy atom. The summed E-state index contributed by atoms with van der Waals surface area (Å²) in [7, 11) is 0. The van der Waals surface area contributed by atoms with Gasteiger partial charge in [-0.05, 0) is 17.7 Å². The lowest BCUT2D eigenvalue weighted by molar-refractivity contribution is -0.689. The average molecular weight is 529 g/mol. The number of carbonyl (C=O) groups is 5. The second kappa shape index (κ2) is 10.2. The average Bonchev–Trinajstić information content (AvgIpc) is 2.84. The van der Waals surface area contributed by atoms with Gasteiger partial charge in [-0.25, -0.2) is 14.2 Å². The summed E-state index contributed by atoms with van der Waals surface area (Å²) < 4.78 is 1.67. The Morgan fingerprint density at radius 1 is 1.14 bits per heavy atom. The van der Waals surface area contributed by atoms with Crippen LogP contribution in [0.3, 0.4) is 0 Å². The number of pyridine rings is 1. The number of carboxylic acid groups (broad SMARTS) is 2. The van der Waals surface area contributed by atoms with Gasteiger partial charge < -0.3 is 26.4 Å². The van der Waals surface area contributed by atoms with E-state index in [-0.39, 0.29) is 30.1 Å². The summed E-state index contributed by atoms with van der Waals surface area (Å²) >= 11 is 1.31. The van der Waals surface area contributed by atoms with Crippen molar-refractivity contribution >= 4 is 47.2 Å². The Kier molecular flexibility index (Phi) is 7.02. The summed E-state index contributed by atoms with van der Waals surface area (Å²) in [6.07, 6.45) is 1.60. The quantitative estimate of drug-likeness (QED) is 0.153. The van der Waals surface area contributed by atoms with Crippen molar-refractivity contribution in [3.05, 3.63) is 65.1 Å². The molecule has 2 aliphatic rings. The Hall–Kier alpha value is -4.59. The van der Waals surface area contributed by atoms with Gasteiger partial charge in [0.1, 0.15) is 22.9 Å². The molecule has 2 atom stereocenters. The minimum atomic E-state index is -1.38. The molecule has 2 aromatic rings. The van der Waals surface area contributed by atoms with Crippen molar-refractivity contribution < 1.29 is 43.9 Å². The SMILES string of the molecule is NC(=O)c1cc[n+](CC2=C(C(=O)O)N3C(=O)[C@H](NC(=O)Cc4ccc(O)c(NC(=O)O)c4)[C@@H]3SC2)cc1. The van der Waals surface area contributed by atoms with E-state index in [0.29, 0.717) is 22.5 Å². The van der Waals surface area contributed by atoms with Gasteiger partial charge >= 0.3 is 12.1 Å². The summed E-state index contributed by atoms with van der Waals surface area (Å²) in [5.41, 5.74) is 6.20. The number of fused-ring (bicyclic) bond motifs is 1. The summed E-state index contributed by atoms with van der Waals surface area (Å²) in [4.78, 5) is 60.8. The number of carbonyl (C=O) groups excluding carboxylic acids is 3. The van der Waals surface area contributed by atoms with Crippen molar-refractivity contribution in [1.29, 1.82) is 0 Å². The number of nitrogens with one attached hydrogen (secondary N) is 2. The normalized spacial score (nSPS) is 18.5. The second-order valence-electron chi connectivity index (χ2n) is 8.29. The Balaban J connectivity index is 1.44. The van der Waals surface area contributed by atoms with Crippen molar-refractivity contribution in [2.45, 2.75) is 24.4 Å². The number of nitrogens with zero attached hydrogens (tertiary/aromatic N) is 2. The van der Waals surface area contributed by atoms with Crippen LogP contribution in [0.15, 0.2) is 54.0 Å². The predicted molar refractivity (Wildman–Crippen MR) is 128 cm³/mol. The van der Waals surface area contributed by atoms with Gasteiger partial charge in [-0.2, -0.15) is 0 Å². The molecule has 37 heavy (non-hydrogen) atoms. The fourth-order valence-electron chi connectivity index (χ4n) is 4.07. The molecule has 2 aliphatic heterocycles. The fraction of sp³-hybridized carbons (Fsp3) is 0.217. The minimum Gasteiger partial charge on any atom is -0.506 e. The predicted octanol–water partition coefficient (Wildman–Crippen LogP) is -0.150. The highest BCUT2D eigenvalue weighted by atomic mass is 32.2. The Labute approximate surface area is 213 Å². The first-order valence-electron chi connectivity index (χ1n) is 10.8. The van der Waals surface area contributed by atoms with Crippen LogP contribution >= 0.6 is 11.8 Å². The van der Waals surface area contributed by atoms with Gasteiger partial charge in [0.15, 0.2) is 18.9 Å². The number of anilines is 1. The number of aliphatic carboxylic acids is 1. The molecule has 0 radical (unpaired) electrons. The van der Waals surface area contributed by atoms with Crippen LogP contribution in [0.2, 0.25) is 0 Å². The van der Waals surface area contributed by atoms with Crippen molar-refractivity contribution in [1.82, 2.24) is 10.2 Å². The van der Waals surface area contributed by atoms with Gasteiger partial charge in [-0.15, -0.1) is 11.8 Å². The molecule has 1 aromatic heterocycles. The molecule has 0 bridgehead atoms. The smallest absolute Gasteiger partial charge is 0.409 e. The lowest BCUT2D eigenvalue weighted by Crippen LogP contribution is -2.70. The number of aromatic hydroxyl groups is 1. The van der Waals surface area contributed by atoms with E-state index in [9.17, 15) is 34.2 Å². The summed E-state index contributed by atoms with van der Waals surface area (Å²) in [6, 6.07) is 6.08. The molecular formula is C23H22N5O8S+. The van der Waals surface area contributed by atoms with Crippen molar-refractivity contribution in [2.24, 2.45) is 5.73 Å². The van der Waals surface area contributed by atoms with Gasteiger partial charge in [0.25, 0.3) is 5.91 Å². The van der Waals surface area contributed by atoms with E-state index in [2.05, 4.69) is 5.32 Å². The van der Waals surface area contributed by atoms with E-state index in [4.69, 9.17) is 10.8 Å². The first kappa shape index (κ1) is 25.5. The number of benzene rings is 1. The second-order valence-corrected chi connectivity index (χ2v) is 9.40. The van der Waals surface area contributed by atoms with Gasteiger partial charge in [0, 0.05) is 23.5 Å². The Bertz CT molecular complexity index is 1340. The third-order valence-corrected chi connectivity index (χ3v) is 7.12. The number of phenols is 1. The third-order valence-electron chi connectivity index (χ3n) is 5.78. The number of hydrogen-bond acceptors (Lipinski definition) is 7. The molecular weight excluding hydrogens is 506 g/mol. The number of aromatic nitrogens is 1. The number of hydrogen-bond donors (Lipinski definition) is 6. The molecule has 0 aliphatic carbocycles. The van der Waals surface area contributed by atoms with E-state index in [1.807, 2.05) is 5.32 Å². The number of thioether (sulfide) groups is 1. The number of rotatable bonds is 8. The van der Waals surface area contributed by atoms with Crippen molar-refractivity contribution in [3.63, 3.8) is 0 Å². The summed E-state index contributed by atoms with van der Waals surface area (Å²) in [6.45, 7) is 0.175. The Morgan fingerprint density at radius 3 is 2.46 bits per heavy atom. The van der Waals surface area contributed by atoms with Gasteiger partial charge in [-0.3, -0.25) is 24.6 Å². The van der Waals surface area contributed by atoms with Crippen LogP contribution in [0.4, 0.5) is 10.5 Å². The van der Waals surface area contributed by atoms with Crippen LogP contribution in [0.5, 0.6) is 5.75 Å². The monoisotopic (exact) mass is 528 g/mol. The lowest BCUT2D eigenvalue weighted by atomic mass is 10.0. The van der Waals surface area contributed by atoms with Crippen LogP contribution in [-0.2, 0) is 27.3 Å². The molecule has 4 rings (SSSR count). The molecule has 14 heteroatoms. The molecule has 1 aromatic carbocycles. The zero-order valence-electron chi connectivity index (χ0n) is 19.1. The van der Waals surface area contributed by atoms with Crippen LogP contribution in [0.25, 0.3) is 0 Å². The molecule has 0 spiro atoms. The number of primary amides is 1. The van der Waals surface area contributed by atoms with Gasteiger partial charge in [0.2, 0.25) is 11.8 Å². The standard InChI is InChI=1S/C23H21N5O8S/c24-19(31)12-3-5-27(6-4-12)9-13-10-37-21-17(20(32)28(21)18(13)22(33)34)26-16(30)8-11-1-2-15(29)14(7-11)25-23(35)36/h1-7,17,21H,8-10,24H2,(H4,26,30,31,33,34,35,36)/p+1/t17-,21-/m0/s1. The first-order chi connectivity index (χ1) is 17.5. The van der Waals surface area contributed by atoms with E-state index >= 15 is 0 Å². The number of amides is 4. The van der Waals surface area contributed by atoms with Crippen LogP contribution in [0.1, 0.15) is 15.9 Å². The molecule has 1 saturated heterocycles. The molecule has 0 saturated carbocycles. The zero-order valence-corrected chi connectivity index (χ0v) is 19.9. The molecule has 7 N–H and O–H groups in total. The van der Waals surface area contributed by atoms with Crippen LogP contribution < -0.4 is 20.9 Å². The third kappa shape index (κ3) is 5.33. The van der Waals surface area contributed by atoms with Gasteiger partial charge in [-0.1, -0.05) is 6.07 Å². The van der Waals surface area contributed by atoms with Crippen LogP contribution in [-0.4, -0.2) is 67.2 Å². The van der Waals surface area contributed by atoms with E-state index in [1.54, 1.807) is 17.0 Å².